The van der Waals surface area contributed by atoms with E-state index in [1.807, 2.05) is 36.2 Å². The summed E-state index contributed by atoms with van der Waals surface area (Å²) in [6.45, 7) is 8.65. The first-order valence-electron chi connectivity index (χ1n) is 16.2. The van der Waals surface area contributed by atoms with Gasteiger partial charge in [0.05, 0.1) is 5.56 Å². The normalized spacial score (nSPS) is 17.0. The predicted molar refractivity (Wildman–Crippen MR) is 170 cm³/mol. The molecule has 254 valence electrons. The Kier molecular flexibility index (Phi) is 10.4. The van der Waals surface area contributed by atoms with E-state index in [0.29, 0.717) is 23.1 Å². The SMILES string of the molecule is CC(=O)N1CCC(CN2CCC(Cc3ccc(-n4c(C(=O)NCC(F)(F)F)nnc4-c4cc(C(C)C)c(O)cc4O)cc3)CC2)CC1. The highest BCUT2D eigenvalue weighted by molar-refractivity contribution is 5.92. The molecule has 2 amide bonds. The van der Waals surface area contributed by atoms with E-state index < -0.39 is 18.6 Å². The molecule has 2 aliphatic heterocycles. The lowest BCUT2D eigenvalue weighted by atomic mass is 9.89. The van der Waals surface area contributed by atoms with Gasteiger partial charge in [-0.2, -0.15) is 13.2 Å². The third kappa shape index (κ3) is 8.43. The van der Waals surface area contributed by atoms with Gasteiger partial charge in [-0.3, -0.25) is 14.2 Å². The van der Waals surface area contributed by atoms with Gasteiger partial charge in [0.15, 0.2) is 5.82 Å². The molecule has 10 nitrogen and oxygen atoms in total. The Hall–Kier alpha value is -4.13. The number of alkyl halides is 3. The van der Waals surface area contributed by atoms with Crippen molar-refractivity contribution in [1.29, 1.82) is 0 Å². The molecule has 0 saturated carbocycles. The van der Waals surface area contributed by atoms with Crippen molar-refractivity contribution < 1.29 is 33.0 Å². The lowest BCUT2D eigenvalue weighted by Crippen LogP contribution is -2.42. The number of likely N-dealkylation sites (tertiary alicyclic amines) is 2. The van der Waals surface area contributed by atoms with Crippen LogP contribution in [0.2, 0.25) is 0 Å². The van der Waals surface area contributed by atoms with Crippen LogP contribution in [0.15, 0.2) is 36.4 Å². The Balaban J connectivity index is 1.30. The van der Waals surface area contributed by atoms with E-state index in [2.05, 4.69) is 15.1 Å². The van der Waals surface area contributed by atoms with E-state index in [-0.39, 0.29) is 40.5 Å². The minimum atomic E-state index is -4.61. The zero-order chi connectivity index (χ0) is 33.9. The number of amides is 2. The maximum absolute atomic E-state index is 12.9. The van der Waals surface area contributed by atoms with Crippen LogP contribution in [0, 0.1) is 11.8 Å². The van der Waals surface area contributed by atoms with Gasteiger partial charge in [0.25, 0.3) is 5.91 Å². The Morgan fingerprint density at radius 1 is 0.936 bits per heavy atom. The number of phenols is 2. The van der Waals surface area contributed by atoms with Gasteiger partial charge in [0.1, 0.15) is 18.0 Å². The summed E-state index contributed by atoms with van der Waals surface area (Å²) in [5, 5.41) is 31.0. The number of piperidine rings is 2. The van der Waals surface area contributed by atoms with Crippen molar-refractivity contribution in [1.82, 2.24) is 29.9 Å². The van der Waals surface area contributed by atoms with Crippen LogP contribution in [-0.2, 0) is 11.2 Å². The summed E-state index contributed by atoms with van der Waals surface area (Å²) in [4.78, 5) is 29.0. The minimum absolute atomic E-state index is 0.0497. The maximum atomic E-state index is 12.9. The summed E-state index contributed by atoms with van der Waals surface area (Å²) in [6.07, 6.45) is 0.511. The van der Waals surface area contributed by atoms with Crippen molar-refractivity contribution in [3.8, 4) is 28.6 Å². The minimum Gasteiger partial charge on any atom is -0.508 e. The van der Waals surface area contributed by atoms with E-state index in [1.165, 1.54) is 10.6 Å². The van der Waals surface area contributed by atoms with Crippen LogP contribution in [0.3, 0.4) is 0 Å². The Bertz CT molecular complexity index is 1560. The zero-order valence-corrected chi connectivity index (χ0v) is 27.1. The van der Waals surface area contributed by atoms with E-state index >= 15 is 0 Å². The molecule has 3 heterocycles. The molecule has 0 unspecified atom stereocenters. The molecule has 0 aliphatic carbocycles. The fraction of sp³-hybridized carbons (Fsp3) is 0.529. The highest BCUT2D eigenvalue weighted by atomic mass is 19.4. The Morgan fingerprint density at radius 3 is 2.17 bits per heavy atom. The molecule has 3 aromatic rings. The summed E-state index contributed by atoms with van der Waals surface area (Å²) < 4.78 is 40.0. The summed E-state index contributed by atoms with van der Waals surface area (Å²) in [5.74, 6) is -0.631. The molecule has 2 aromatic carbocycles. The number of nitrogens with one attached hydrogen (secondary N) is 1. The highest BCUT2D eigenvalue weighted by Gasteiger charge is 2.31. The average molecular weight is 657 g/mol. The number of nitrogens with zero attached hydrogens (tertiary/aromatic N) is 5. The first-order valence-corrected chi connectivity index (χ1v) is 16.2. The van der Waals surface area contributed by atoms with E-state index in [4.69, 9.17) is 0 Å². The Labute approximate surface area is 272 Å². The molecule has 13 heteroatoms. The smallest absolute Gasteiger partial charge is 0.405 e. The number of carbonyl (C=O) groups excluding carboxylic acids is 2. The molecule has 0 radical (unpaired) electrons. The predicted octanol–water partition coefficient (Wildman–Crippen LogP) is 5.27. The van der Waals surface area contributed by atoms with Crippen molar-refractivity contribution in [2.45, 2.75) is 65.0 Å². The van der Waals surface area contributed by atoms with Crippen LogP contribution in [0.1, 0.15) is 74.1 Å². The fourth-order valence-corrected chi connectivity index (χ4v) is 6.63. The monoisotopic (exact) mass is 656 g/mol. The average Bonchev–Trinajstić information content (AvgIpc) is 3.46. The van der Waals surface area contributed by atoms with Crippen LogP contribution in [0.25, 0.3) is 17.1 Å². The summed E-state index contributed by atoms with van der Waals surface area (Å²) in [7, 11) is 0. The zero-order valence-electron chi connectivity index (χ0n) is 27.1. The quantitative estimate of drug-likeness (QED) is 0.287. The number of halogens is 3. The molecule has 0 spiro atoms. The molecular formula is C34H43F3N6O4. The van der Waals surface area contributed by atoms with Crippen molar-refractivity contribution in [2.75, 3.05) is 39.3 Å². The van der Waals surface area contributed by atoms with Crippen molar-refractivity contribution in [3.05, 3.63) is 53.3 Å². The van der Waals surface area contributed by atoms with Gasteiger partial charge >= 0.3 is 6.18 Å². The number of benzene rings is 2. The number of hydrogen-bond acceptors (Lipinski definition) is 7. The molecule has 2 saturated heterocycles. The third-order valence-corrected chi connectivity index (χ3v) is 9.33. The van der Waals surface area contributed by atoms with E-state index in [0.717, 1.165) is 70.4 Å². The molecule has 0 atom stereocenters. The second-order valence-corrected chi connectivity index (χ2v) is 13.1. The molecular weight excluding hydrogens is 613 g/mol. The maximum Gasteiger partial charge on any atom is 0.405 e. The topological polar surface area (TPSA) is 124 Å². The molecule has 2 fully saturated rings. The Morgan fingerprint density at radius 2 is 1.57 bits per heavy atom. The van der Waals surface area contributed by atoms with Crippen LogP contribution in [0.4, 0.5) is 13.2 Å². The molecule has 2 aliphatic rings. The second kappa shape index (κ2) is 14.3. The summed E-state index contributed by atoms with van der Waals surface area (Å²) >= 11 is 0. The molecule has 0 bridgehead atoms. The number of carbonyl (C=O) groups is 2. The number of hydrogen-bond donors (Lipinski definition) is 3. The van der Waals surface area contributed by atoms with Gasteiger partial charge in [-0.15, -0.1) is 10.2 Å². The van der Waals surface area contributed by atoms with Crippen molar-refractivity contribution in [2.24, 2.45) is 11.8 Å². The van der Waals surface area contributed by atoms with Crippen molar-refractivity contribution in [3.63, 3.8) is 0 Å². The fourth-order valence-electron chi connectivity index (χ4n) is 6.63. The van der Waals surface area contributed by atoms with Gasteiger partial charge in [0.2, 0.25) is 11.7 Å². The largest absolute Gasteiger partial charge is 0.508 e. The molecule has 5 rings (SSSR count). The number of phenolic OH excluding ortho intramolecular Hbond substituents is 2. The van der Waals surface area contributed by atoms with Crippen LogP contribution < -0.4 is 5.32 Å². The lowest BCUT2D eigenvalue weighted by molar-refractivity contribution is -0.130. The highest BCUT2D eigenvalue weighted by Crippen LogP contribution is 2.38. The van der Waals surface area contributed by atoms with Gasteiger partial charge in [-0.05, 0) is 92.3 Å². The van der Waals surface area contributed by atoms with Gasteiger partial charge in [-0.1, -0.05) is 26.0 Å². The summed E-state index contributed by atoms with van der Waals surface area (Å²) in [5.41, 5.74) is 2.23. The molecule has 3 N–H and O–H groups in total. The van der Waals surface area contributed by atoms with Gasteiger partial charge in [-0.25, -0.2) is 0 Å². The van der Waals surface area contributed by atoms with E-state index in [9.17, 15) is 33.0 Å². The first-order chi connectivity index (χ1) is 22.3. The second-order valence-electron chi connectivity index (χ2n) is 13.1. The van der Waals surface area contributed by atoms with Crippen LogP contribution in [-0.4, -0.2) is 92.0 Å². The first kappa shape index (κ1) is 34.2. The molecule has 1 aromatic heterocycles. The summed E-state index contributed by atoms with van der Waals surface area (Å²) in [6, 6.07) is 10.1. The number of aromatic hydroxyl groups is 2. The number of aromatic nitrogens is 3. The van der Waals surface area contributed by atoms with Gasteiger partial charge in [0, 0.05) is 38.3 Å². The number of rotatable bonds is 9. The van der Waals surface area contributed by atoms with Crippen LogP contribution in [0.5, 0.6) is 11.5 Å². The molecule has 47 heavy (non-hydrogen) atoms. The lowest BCUT2D eigenvalue weighted by Gasteiger charge is -2.37. The van der Waals surface area contributed by atoms with Crippen molar-refractivity contribution >= 4 is 11.8 Å². The van der Waals surface area contributed by atoms with E-state index in [1.54, 1.807) is 25.1 Å². The standard InChI is InChI=1S/C34H43F3N6O4/c1-21(2)27-17-28(30(46)18-29(27)45)31-39-40-32(33(47)38-20-34(35,36)37)43(31)26-6-4-23(5-7-26)16-24-8-12-41(13-9-24)19-25-10-14-42(15-11-25)22(3)44/h4-7,17-18,21,24-25,45-46H,8-16,19-20H2,1-3H3,(H,38,47). The van der Waals surface area contributed by atoms with Gasteiger partial charge < -0.3 is 25.3 Å². The van der Waals surface area contributed by atoms with Crippen LogP contribution >= 0.6 is 0 Å². The third-order valence-electron chi connectivity index (χ3n) is 9.33.